The molecule has 0 spiro atoms. The van der Waals surface area contributed by atoms with Gasteiger partial charge >= 0.3 is 0 Å². The molecule has 0 amide bonds. The van der Waals surface area contributed by atoms with Crippen LogP contribution >= 0.6 is 0 Å². The van der Waals surface area contributed by atoms with E-state index < -0.39 is 0 Å². The molecule has 0 radical (unpaired) electrons. The van der Waals surface area contributed by atoms with E-state index in [4.69, 9.17) is 10.5 Å². The number of morpholine rings is 1. The number of rotatable bonds is 1. The molecule has 0 bridgehead atoms. The van der Waals surface area contributed by atoms with E-state index in [0.29, 0.717) is 0 Å². The molecule has 1 saturated heterocycles. The van der Waals surface area contributed by atoms with Crippen LogP contribution in [0.2, 0.25) is 0 Å². The van der Waals surface area contributed by atoms with E-state index in [1.807, 2.05) is 12.1 Å². The van der Waals surface area contributed by atoms with Crippen LogP contribution in [0.1, 0.15) is 32.4 Å². The molecule has 1 fully saturated rings. The molecular formula is C14H22N2O. The molecule has 94 valence electrons. The topological polar surface area (TPSA) is 38.5 Å². The van der Waals surface area contributed by atoms with E-state index in [1.165, 1.54) is 5.56 Å². The molecule has 2 N–H and O–H groups in total. The number of hydrogen-bond acceptors (Lipinski definition) is 3. The van der Waals surface area contributed by atoms with Crippen LogP contribution in [0, 0.1) is 0 Å². The van der Waals surface area contributed by atoms with Gasteiger partial charge in [0.15, 0.2) is 0 Å². The normalized spacial score (nSPS) is 22.6. The van der Waals surface area contributed by atoms with Crippen LogP contribution < -0.4 is 5.73 Å². The summed E-state index contributed by atoms with van der Waals surface area (Å²) in [6, 6.07) is 8.00. The summed E-state index contributed by atoms with van der Waals surface area (Å²) in [5, 5.41) is 0. The number of nitrogen functional groups attached to an aromatic ring is 1. The van der Waals surface area contributed by atoms with E-state index in [1.54, 1.807) is 0 Å². The van der Waals surface area contributed by atoms with Gasteiger partial charge in [-0.1, -0.05) is 12.1 Å². The zero-order valence-electron chi connectivity index (χ0n) is 10.9. The van der Waals surface area contributed by atoms with Crippen LogP contribution in [0.25, 0.3) is 0 Å². The van der Waals surface area contributed by atoms with Crippen LogP contribution in [0.4, 0.5) is 5.69 Å². The van der Waals surface area contributed by atoms with Gasteiger partial charge in [-0.2, -0.15) is 0 Å². The Morgan fingerprint density at radius 3 is 2.47 bits per heavy atom. The quantitative estimate of drug-likeness (QED) is 0.758. The molecule has 0 aromatic heterocycles. The van der Waals surface area contributed by atoms with Gasteiger partial charge in [0.1, 0.15) is 0 Å². The van der Waals surface area contributed by atoms with Crippen molar-refractivity contribution >= 4 is 5.69 Å². The van der Waals surface area contributed by atoms with Crippen LogP contribution in [0.15, 0.2) is 24.3 Å². The summed E-state index contributed by atoms with van der Waals surface area (Å²) < 4.78 is 5.85. The number of nitrogens with zero attached hydrogens (tertiary/aromatic N) is 1. The van der Waals surface area contributed by atoms with Gasteiger partial charge in [0.05, 0.1) is 12.7 Å². The fourth-order valence-corrected chi connectivity index (χ4v) is 2.17. The Morgan fingerprint density at radius 2 is 1.88 bits per heavy atom. The molecule has 1 heterocycles. The molecule has 3 nitrogen and oxygen atoms in total. The number of benzene rings is 1. The van der Waals surface area contributed by atoms with Crippen molar-refractivity contribution in [2.75, 3.05) is 25.4 Å². The first-order chi connectivity index (χ1) is 7.97. The van der Waals surface area contributed by atoms with Crippen molar-refractivity contribution in [1.82, 2.24) is 4.90 Å². The van der Waals surface area contributed by atoms with Gasteiger partial charge in [0.25, 0.3) is 0 Å². The minimum atomic E-state index is 0.170. The predicted octanol–water partition coefficient (Wildman–Crippen LogP) is 2.44. The first kappa shape index (κ1) is 12.4. The summed E-state index contributed by atoms with van der Waals surface area (Å²) in [5.74, 6) is 0. The lowest BCUT2D eigenvalue weighted by atomic mass is 10.0. The molecule has 1 aliphatic rings. The molecule has 0 aliphatic carbocycles. The largest absolute Gasteiger partial charge is 0.399 e. The number of anilines is 1. The third-order valence-electron chi connectivity index (χ3n) is 3.32. The Labute approximate surface area is 104 Å². The average Bonchev–Trinajstić information content (AvgIpc) is 2.29. The number of ether oxygens (including phenoxy) is 1. The summed E-state index contributed by atoms with van der Waals surface area (Å²) in [6.45, 7) is 9.50. The van der Waals surface area contributed by atoms with Crippen molar-refractivity contribution in [1.29, 1.82) is 0 Å². The van der Waals surface area contributed by atoms with Crippen molar-refractivity contribution in [3.8, 4) is 0 Å². The van der Waals surface area contributed by atoms with Crippen molar-refractivity contribution < 1.29 is 4.74 Å². The molecule has 1 aromatic rings. The van der Waals surface area contributed by atoms with Gasteiger partial charge in [-0.15, -0.1) is 0 Å². The second kappa shape index (κ2) is 4.67. The first-order valence-corrected chi connectivity index (χ1v) is 6.19. The van der Waals surface area contributed by atoms with Gasteiger partial charge < -0.3 is 10.5 Å². The molecule has 1 atom stereocenters. The first-order valence-electron chi connectivity index (χ1n) is 6.19. The molecular weight excluding hydrogens is 212 g/mol. The Kier molecular flexibility index (Phi) is 3.40. The average molecular weight is 234 g/mol. The van der Waals surface area contributed by atoms with Gasteiger partial charge in [-0.05, 0) is 38.5 Å². The second-order valence-electron chi connectivity index (χ2n) is 5.64. The fraction of sp³-hybridized carbons (Fsp3) is 0.571. The zero-order chi connectivity index (χ0) is 12.5. The maximum Gasteiger partial charge on any atom is 0.0952 e. The summed E-state index contributed by atoms with van der Waals surface area (Å²) in [6.07, 6.45) is 0.170. The van der Waals surface area contributed by atoms with Gasteiger partial charge in [-0.3, -0.25) is 4.90 Å². The molecule has 1 unspecified atom stereocenters. The predicted molar refractivity (Wildman–Crippen MR) is 70.9 cm³/mol. The molecule has 1 aromatic carbocycles. The minimum Gasteiger partial charge on any atom is -0.399 e. The number of hydrogen-bond donors (Lipinski definition) is 1. The molecule has 17 heavy (non-hydrogen) atoms. The van der Waals surface area contributed by atoms with Crippen molar-refractivity contribution in [2.45, 2.75) is 32.4 Å². The smallest absolute Gasteiger partial charge is 0.0952 e. The van der Waals surface area contributed by atoms with Crippen molar-refractivity contribution in [3.05, 3.63) is 29.8 Å². The minimum absolute atomic E-state index is 0.170. The van der Waals surface area contributed by atoms with Gasteiger partial charge in [0.2, 0.25) is 0 Å². The second-order valence-corrected chi connectivity index (χ2v) is 5.64. The van der Waals surface area contributed by atoms with E-state index >= 15 is 0 Å². The molecule has 2 rings (SSSR count). The maximum atomic E-state index is 5.85. The Hall–Kier alpha value is -1.06. The lowest BCUT2D eigenvalue weighted by Crippen LogP contribution is -2.48. The standard InChI is InChI=1S/C14H22N2O/c1-14(2,3)16-8-9-17-13(10-16)11-4-6-12(15)7-5-11/h4-7,13H,8-10,15H2,1-3H3. The van der Waals surface area contributed by atoms with E-state index in [9.17, 15) is 0 Å². The highest BCUT2D eigenvalue weighted by molar-refractivity contribution is 5.40. The fourth-order valence-electron chi connectivity index (χ4n) is 2.17. The van der Waals surface area contributed by atoms with Crippen LogP contribution in [0.3, 0.4) is 0 Å². The third kappa shape index (κ3) is 2.99. The van der Waals surface area contributed by atoms with Crippen molar-refractivity contribution in [3.63, 3.8) is 0 Å². The molecule has 0 saturated carbocycles. The zero-order valence-corrected chi connectivity index (χ0v) is 10.9. The Morgan fingerprint density at radius 1 is 1.24 bits per heavy atom. The highest BCUT2D eigenvalue weighted by Crippen LogP contribution is 2.26. The highest BCUT2D eigenvalue weighted by Gasteiger charge is 2.28. The highest BCUT2D eigenvalue weighted by atomic mass is 16.5. The van der Waals surface area contributed by atoms with E-state index in [-0.39, 0.29) is 11.6 Å². The Balaban J connectivity index is 2.09. The molecule has 3 heteroatoms. The van der Waals surface area contributed by atoms with Crippen LogP contribution in [-0.2, 0) is 4.74 Å². The lowest BCUT2D eigenvalue weighted by Gasteiger charge is -2.41. The van der Waals surface area contributed by atoms with E-state index in [2.05, 4.69) is 37.8 Å². The summed E-state index contributed by atoms with van der Waals surface area (Å²) in [5.41, 5.74) is 7.92. The number of nitrogens with two attached hydrogens (primary N) is 1. The SMILES string of the molecule is CC(C)(C)N1CCOC(c2ccc(N)cc2)C1. The van der Waals surface area contributed by atoms with Crippen LogP contribution in [-0.4, -0.2) is 30.1 Å². The molecule has 1 aliphatic heterocycles. The maximum absolute atomic E-state index is 5.85. The van der Waals surface area contributed by atoms with E-state index in [0.717, 1.165) is 25.4 Å². The van der Waals surface area contributed by atoms with Crippen molar-refractivity contribution in [2.24, 2.45) is 0 Å². The van der Waals surface area contributed by atoms with Gasteiger partial charge in [0, 0.05) is 24.3 Å². The summed E-state index contributed by atoms with van der Waals surface area (Å²) in [7, 11) is 0. The lowest BCUT2D eigenvalue weighted by molar-refractivity contribution is -0.0596. The van der Waals surface area contributed by atoms with Crippen LogP contribution in [0.5, 0.6) is 0 Å². The summed E-state index contributed by atoms with van der Waals surface area (Å²) in [4.78, 5) is 2.47. The summed E-state index contributed by atoms with van der Waals surface area (Å²) >= 11 is 0. The van der Waals surface area contributed by atoms with Gasteiger partial charge in [-0.25, -0.2) is 0 Å². The third-order valence-corrected chi connectivity index (χ3v) is 3.32. The monoisotopic (exact) mass is 234 g/mol. The Bertz CT molecular complexity index is 367.